The van der Waals surface area contributed by atoms with E-state index in [4.69, 9.17) is 21.4 Å². The number of hydrogen-bond donors (Lipinski definition) is 1. The van der Waals surface area contributed by atoms with E-state index in [1.807, 2.05) is 18.2 Å². The third-order valence-corrected chi connectivity index (χ3v) is 3.04. The molecule has 0 bridgehead atoms. The van der Waals surface area contributed by atoms with Gasteiger partial charge < -0.3 is 9.84 Å². The molecule has 0 radical (unpaired) electrons. The fourth-order valence-electron chi connectivity index (χ4n) is 1.88. The summed E-state index contributed by atoms with van der Waals surface area (Å²) in [5, 5.41) is 17.3. The lowest BCUT2D eigenvalue weighted by Crippen LogP contribution is -2.11. The molecule has 0 aliphatic heterocycles. The van der Waals surface area contributed by atoms with E-state index >= 15 is 0 Å². The first-order valence-electron chi connectivity index (χ1n) is 6.01. The van der Waals surface area contributed by atoms with Crippen molar-refractivity contribution in [1.82, 2.24) is 15.0 Å². The number of hydrogen-bond acceptors (Lipinski definition) is 4. The largest absolute Gasteiger partial charge is 0.476 e. The Labute approximate surface area is 120 Å². The van der Waals surface area contributed by atoms with Crippen molar-refractivity contribution in [2.75, 3.05) is 13.7 Å². The average Bonchev–Trinajstić information content (AvgIpc) is 2.79. The Hall–Kier alpha value is -1.92. The van der Waals surface area contributed by atoms with Gasteiger partial charge in [-0.05, 0) is 17.7 Å². The first kappa shape index (κ1) is 14.5. The van der Waals surface area contributed by atoms with Crippen molar-refractivity contribution in [3.05, 3.63) is 46.2 Å². The van der Waals surface area contributed by atoms with Gasteiger partial charge in [-0.3, -0.25) is 0 Å². The van der Waals surface area contributed by atoms with E-state index in [0.29, 0.717) is 30.3 Å². The minimum absolute atomic E-state index is 0.0379. The van der Waals surface area contributed by atoms with E-state index in [1.165, 1.54) is 0 Å². The molecule has 2 aromatic rings. The van der Waals surface area contributed by atoms with Gasteiger partial charge >= 0.3 is 5.97 Å². The molecule has 0 amide bonds. The van der Waals surface area contributed by atoms with Gasteiger partial charge in [0.25, 0.3) is 0 Å². The highest BCUT2D eigenvalue weighted by Crippen LogP contribution is 2.14. The van der Waals surface area contributed by atoms with E-state index in [0.717, 1.165) is 5.56 Å². The van der Waals surface area contributed by atoms with Gasteiger partial charge in [0.05, 0.1) is 18.8 Å². The third kappa shape index (κ3) is 3.34. The number of carboxylic acids is 1. The van der Waals surface area contributed by atoms with E-state index < -0.39 is 5.97 Å². The van der Waals surface area contributed by atoms with Gasteiger partial charge in [0.2, 0.25) is 0 Å². The Morgan fingerprint density at radius 1 is 1.50 bits per heavy atom. The summed E-state index contributed by atoms with van der Waals surface area (Å²) in [5.74, 6) is -1.09. The van der Waals surface area contributed by atoms with Gasteiger partial charge in [-0.2, -0.15) is 0 Å². The minimum atomic E-state index is -1.09. The summed E-state index contributed by atoms with van der Waals surface area (Å²) in [6, 6.07) is 7.32. The summed E-state index contributed by atoms with van der Waals surface area (Å²) in [7, 11) is 1.56. The normalized spacial score (nSPS) is 10.7. The van der Waals surface area contributed by atoms with Crippen molar-refractivity contribution in [2.45, 2.75) is 13.0 Å². The number of ether oxygens (including phenoxy) is 1. The second-order valence-corrected chi connectivity index (χ2v) is 4.66. The Morgan fingerprint density at radius 3 is 2.95 bits per heavy atom. The molecule has 0 aliphatic rings. The molecule has 0 atom stereocenters. The fourth-order valence-corrected chi connectivity index (χ4v) is 2.09. The molecule has 0 fully saturated rings. The Bertz CT molecular complexity index is 613. The molecule has 106 valence electrons. The molecule has 0 spiro atoms. The number of aromatic carboxylic acids is 1. The van der Waals surface area contributed by atoms with Crippen LogP contribution >= 0.6 is 11.6 Å². The number of methoxy groups -OCH3 is 1. The van der Waals surface area contributed by atoms with E-state index in [-0.39, 0.29) is 5.69 Å². The maximum atomic E-state index is 11.1. The molecule has 1 heterocycles. The average molecular weight is 296 g/mol. The lowest BCUT2D eigenvalue weighted by Gasteiger charge is -2.07. The van der Waals surface area contributed by atoms with Gasteiger partial charge in [-0.25, -0.2) is 9.48 Å². The van der Waals surface area contributed by atoms with Crippen molar-refractivity contribution in [2.24, 2.45) is 0 Å². The molecular weight excluding hydrogens is 282 g/mol. The SMILES string of the molecule is COCCc1c(C(=O)O)nnn1Cc1cccc(Cl)c1. The maximum Gasteiger partial charge on any atom is 0.358 e. The molecule has 0 saturated heterocycles. The highest BCUT2D eigenvalue weighted by molar-refractivity contribution is 6.30. The zero-order valence-electron chi connectivity index (χ0n) is 10.9. The van der Waals surface area contributed by atoms with Gasteiger partial charge in [0, 0.05) is 18.6 Å². The van der Waals surface area contributed by atoms with Crippen molar-refractivity contribution in [3.63, 3.8) is 0 Å². The quantitative estimate of drug-likeness (QED) is 0.880. The molecule has 1 aromatic carbocycles. The van der Waals surface area contributed by atoms with E-state index in [9.17, 15) is 4.79 Å². The number of benzene rings is 1. The van der Waals surface area contributed by atoms with E-state index in [2.05, 4.69) is 10.3 Å². The van der Waals surface area contributed by atoms with Gasteiger partial charge in [-0.1, -0.05) is 28.9 Å². The zero-order chi connectivity index (χ0) is 14.5. The molecule has 0 saturated carbocycles. The molecular formula is C13H14ClN3O3. The third-order valence-electron chi connectivity index (χ3n) is 2.80. The minimum Gasteiger partial charge on any atom is -0.476 e. The summed E-state index contributed by atoms with van der Waals surface area (Å²) in [6.07, 6.45) is 0.436. The van der Waals surface area contributed by atoms with Crippen LogP contribution in [0.15, 0.2) is 24.3 Å². The number of carbonyl (C=O) groups is 1. The van der Waals surface area contributed by atoms with Crippen molar-refractivity contribution < 1.29 is 14.6 Å². The molecule has 1 aromatic heterocycles. The lowest BCUT2D eigenvalue weighted by atomic mass is 10.2. The second-order valence-electron chi connectivity index (χ2n) is 4.22. The van der Waals surface area contributed by atoms with Crippen molar-refractivity contribution >= 4 is 17.6 Å². The molecule has 2 rings (SSSR count). The Kier molecular flexibility index (Phi) is 4.70. The summed E-state index contributed by atoms with van der Waals surface area (Å²) in [5.41, 5.74) is 1.43. The molecule has 0 unspecified atom stereocenters. The number of halogens is 1. The van der Waals surface area contributed by atoms with Crippen molar-refractivity contribution in [3.8, 4) is 0 Å². The number of rotatable bonds is 6. The Balaban J connectivity index is 2.28. The van der Waals surface area contributed by atoms with Gasteiger partial charge in [0.1, 0.15) is 0 Å². The number of carboxylic acid groups (broad SMARTS) is 1. The van der Waals surface area contributed by atoms with Crippen LogP contribution in [0, 0.1) is 0 Å². The smallest absolute Gasteiger partial charge is 0.358 e. The number of nitrogens with zero attached hydrogens (tertiary/aromatic N) is 3. The number of aromatic nitrogens is 3. The van der Waals surface area contributed by atoms with Crippen LogP contribution in [-0.2, 0) is 17.7 Å². The van der Waals surface area contributed by atoms with Crippen LogP contribution in [-0.4, -0.2) is 39.8 Å². The highest BCUT2D eigenvalue weighted by atomic mass is 35.5. The Morgan fingerprint density at radius 2 is 2.30 bits per heavy atom. The fraction of sp³-hybridized carbons (Fsp3) is 0.308. The molecule has 7 heteroatoms. The first-order valence-corrected chi connectivity index (χ1v) is 6.38. The lowest BCUT2D eigenvalue weighted by molar-refractivity contribution is 0.0688. The summed E-state index contributed by atoms with van der Waals surface area (Å²) >= 11 is 5.93. The zero-order valence-corrected chi connectivity index (χ0v) is 11.7. The summed E-state index contributed by atoms with van der Waals surface area (Å²) in [4.78, 5) is 11.1. The van der Waals surface area contributed by atoms with Gasteiger partial charge in [0.15, 0.2) is 5.69 Å². The van der Waals surface area contributed by atoms with Crippen LogP contribution in [0.1, 0.15) is 21.7 Å². The van der Waals surface area contributed by atoms with Crippen LogP contribution in [0.4, 0.5) is 0 Å². The maximum absolute atomic E-state index is 11.1. The molecule has 6 nitrogen and oxygen atoms in total. The molecule has 0 aliphatic carbocycles. The summed E-state index contributed by atoms with van der Waals surface area (Å²) in [6.45, 7) is 0.823. The standard InChI is InChI=1S/C13H14ClN3O3/c1-20-6-5-11-12(13(18)19)15-16-17(11)8-9-3-2-4-10(14)7-9/h2-4,7H,5-6,8H2,1H3,(H,18,19). The predicted octanol–water partition coefficient (Wildman–Crippen LogP) is 1.87. The van der Waals surface area contributed by atoms with E-state index in [1.54, 1.807) is 17.9 Å². The van der Waals surface area contributed by atoms with Crippen LogP contribution in [0.5, 0.6) is 0 Å². The molecule has 20 heavy (non-hydrogen) atoms. The summed E-state index contributed by atoms with van der Waals surface area (Å²) < 4.78 is 6.55. The van der Waals surface area contributed by atoms with Crippen LogP contribution in [0.2, 0.25) is 5.02 Å². The van der Waals surface area contributed by atoms with Gasteiger partial charge in [-0.15, -0.1) is 5.10 Å². The topological polar surface area (TPSA) is 77.2 Å². The van der Waals surface area contributed by atoms with Crippen LogP contribution in [0.3, 0.4) is 0 Å². The monoisotopic (exact) mass is 295 g/mol. The predicted molar refractivity (Wildman–Crippen MR) is 73.1 cm³/mol. The second kappa shape index (κ2) is 6.49. The van der Waals surface area contributed by atoms with Crippen LogP contribution < -0.4 is 0 Å². The highest BCUT2D eigenvalue weighted by Gasteiger charge is 2.18. The first-order chi connectivity index (χ1) is 9.61. The van der Waals surface area contributed by atoms with Crippen LogP contribution in [0.25, 0.3) is 0 Å². The van der Waals surface area contributed by atoms with Crippen molar-refractivity contribution in [1.29, 1.82) is 0 Å². The molecule has 1 N–H and O–H groups in total.